The molecule has 0 aliphatic carbocycles. The molecule has 2 aromatic rings. The van der Waals surface area contributed by atoms with E-state index in [1.54, 1.807) is 6.07 Å². The Labute approximate surface area is 143 Å². The lowest BCUT2D eigenvalue weighted by Crippen LogP contribution is -2.18. The predicted octanol–water partition coefficient (Wildman–Crippen LogP) is 5.14. The number of likely N-dealkylation sites (tertiary alicyclic amines) is 1. The molecule has 1 aromatic carbocycles. The molecule has 1 aliphatic heterocycles. The van der Waals surface area contributed by atoms with E-state index in [1.165, 1.54) is 18.9 Å². The molecule has 0 atom stereocenters. The molecule has 0 unspecified atom stereocenters. The second kappa shape index (κ2) is 6.99. The van der Waals surface area contributed by atoms with Crippen molar-refractivity contribution in [2.24, 2.45) is 0 Å². The number of hydrogen-bond acceptors (Lipinski definition) is 3. The van der Waals surface area contributed by atoms with Gasteiger partial charge in [-0.1, -0.05) is 17.7 Å². The summed E-state index contributed by atoms with van der Waals surface area (Å²) < 4.78 is 43.0. The van der Waals surface area contributed by atoms with Crippen LogP contribution in [0.25, 0.3) is 0 Å². The Morgan fingerprint density at radius 2 is 1.88 bits per heavy atom. The Hall–Kier alpha value is -1.79. The minimum absolute atomic E-state index is 0.0668. The molecule has 0 amide bonds. The van der Waals surface area contributed by atoms with Crippen molar-refractivity contribution >= 4 is 11.6 Å². The standard InChI is InChI=1S/C17H16ClF3N2O/c18-14-9-12(11-23-7-1-2-8-23)3-5-15(14)24-16-6-4-13(10-22-16)17(19,20)21/h3-6,9-10H,1-2,7-8,11H2. The number of halogens is 4. The van der Waals surface area contributed by atoms with E-state index >= 15 is 0 Å². The summed E-state index contributed by atoms with van der Waals surface area (Å²) in [6.45, 7) is 3.01. The number of hydrogen-bond donors (Lipinski definition) is 0. The van der Waals surface area contributed by atoms with E-state index in [0.717, 1.165) is 37.5 Å². The lowest BCUT2D eigenvalue weighted by Gasteiger charge is -2.15. The minimum atomic E-state index is -4.42. The summed E-state index contributed by atoms with van der Waals surface area (Å²) in [7, 11) is 0. The lowest BCUT2D eigenvalue weighted by atomic mass is 10.2. The first-order valence-electron chi connectivity index (χ1n) is 7.64. The van der Waals surface area contributed by atoms with Crippen molar-refractivity contribution in [3.05, 3.63) is 52.7 Å². The van der Waals surface area contributed by atoms with Crippen molar-refractivity contribution in [1.82, 2.24) is 9.88 Å². The highest BCUT2D eigenvalue weighted by molar-refractivity contribution is 6.32. The third-order valence-electron chi connectivity index (χ3n) is 3.88. The average molecular weight is 357 g/mol. The number of ether oxygens (including phenoxy) is 1. The molecule has 0 spiro atoms. The van der Waals surface area contributed by atoms with E-state index in [2.05, 4.69) is 9.88 Å². The van der Waals surface area contributed by atoms with Gasteiger partial charge in [0.25, 0.3) is 0 Å². The number of benzene rings is 1. The topological polar surface area (TPSA) is 25.4 Å². The van der Waals surface area contributed by atoms with Crippen LogP contribution < -0.4 is 4.74 Å². The molecule has 1 aromatic heterocycles. The van der Waals surface area contributed by atoms with Gasteiger partial charge < -0.3 is 4.74 Å². The zero-order valence-corrected chi connectivity index (χ0v) is 13.6. The van der Waals surface area contributed by atoms with Crippen LogP contribution in [-0.2, 0) is 12.7 Å². The maximum atomic E-state index is 12.5. The molecule has 0 bridgehead atoms. The smallest absolute Gasteiger partial charge is 0.417 e. The summed E-state index contributed by atoms with van der Waals surface area (Å²) in [5.41, 5.74) is 0.261. The van der Waals surface area contributed by atoms with Crippen LogP contribution >= 0.6 is 11.6 Å². The molecule has 7 heteroatoms. The van der Waals surface area contributed by atoms with E-state index in [9.17, 15) is 13.2 Å². The van der Waals surface area contributed by atoms with Crippen molar-refractivity contribution in [2.45, 2.75) is 25.6 Å². The van der Waals surface area contributed by atoms with Gasteiger partial charge in [0.15, 0.2) is 0 Å². The molecule has 1 saturated heterocycles. The second-order valence-electron chi connectivity index (χ2n) is 5.73. The van der Waals surface area contributed by atoms with Crippen molar-refractivity contribution in [3.63, 3.8) is 0 Å². The lowest BCUT2D eigenvalue weighted by molar-refractivity contribution is -0.137. The maximum Gasteiger partial charge on any atom is 0.417 e. The summed E-state index contributed by atoms with van der Waals surface area (Å²) in [4.78, 5) is 6.03. The summed E-state index contributed by atoms with van der Waals surface area (Å²) in [5, 5.41) is 0.411. The van der Waals surface area contributed by atoms with E-state index in [0.29, 0.717) is 10.8 Å². The largest absolute Gasteiger partial charge is 0.437 e. The number of alkyl halides is 3. The fourth-order valence-corrected chi connectivity index (χ4v) is 2.89. The zero-order chi connectivity index (χ0) is 17.2. The zero-order valence-electron chi connectivity index (χ0n) is 12.8. The molecule has 0 radical (unpaired) electrons. The van der Waals surface area contributed by atoms with Crippen molar-refractivity contribution in [3.8, 4) is 11.6 Å². The molecule has 0 N–H and O–H groups in total. The first-order chi connectivity index (χ1) is 11.4. The summed E-state index contributed by atoms with van der Waals surface area (Å²) in [6.07, 6.45) is -1.24. The predicted molar refractivity (Wildman–Crippen MR) is 85.3 cm³/mol. The van der Waals surface area contributed by atoms with Gasteiger partial charge in [-0.05, 0) is 49.7 Å². The fourth-order valence-electron chi connectivity index (χ4n) is 2.65. The van der Waals surface area contributed by atoms with Crippen molar-refractivity contribution in [1.29, 1.82) is 0 Å². The Kier molecular flexibility index (Phi) is 4.96. The molecule has 1 aliphatic rings. The van der Waals surface area contributed by atoms with Gasteiger partial charge in [-0.3, -0.25) is 4.90 Å². The van der Waals surface area contributed by atoms with Gasteiger partial charge >= 0.3 is 6.18 Å². The van der Waals surface area contributed by atoms with Crippen molar-refractivity contribution in [2.75, 3.05) is 13.1 Å². The summed E-state index contributed by atoms with van der Waals surface area (Å²) >= 11 is 6.22. The Morgan fingerprint density at radius 3 is 2.46 bits per heavy atom. The van der Waals surface area contributed by atoms with Crippen LogP contribution in [0.3, 0.4) is 0 Å². The van der Waals surface area contributed by atoms with Gasteiger partial charge in [0.2, 0.25) is 5.88 Å². The van der Waals surface area contributed by atoms with E-state index in [1.807, 2.05) is 12.1 Å². The SMILES string of the molecule is FC(F)(F)c1ccc(Oc2ccc(CN3CCCC3)cc2Cl)nc1. The Morgan fingerprint density at radius 1 is 1.12 bits per heavy atom. The van der Waals surface area contributed by atoms with Gasteiger partial charge in [-0.2, -0.15) is 13.2 Å². The Balaban J connectivity index is 1.68. The maximum absolute atomic E-state index is 12.5. The highest BCUT2D eigenvalue weighted by atomic mass is 35.5. The molecular weight excluding hydrogens is 341 g/mol. The van der Waals surface area contributed by atoms with Gasteiger partial charge in [0.05, 0.1) is 10.6 Å². The van der Waals surface area contributed by atoms with E-state index in [-0.39, 0.29) is 5.88 Å². The fraction of sp³-hybridized carbons (Fsp3) is 0.353. The third-order valence-corrected chi connectivity index (χ3v) is 4.17. The van der Waals surface area contributed by atoms with Crippen LogP contribution in [0.15, 0.2) is 36.5 Å². The van der Waals surface area contributed by atoms with Crippen LogP contribution in [-0.4, -0.2) is 23.0 Å². The van der Waals surface area contributed by atoms with Crippen molar-refractivity contribution < 1.29 is 17.9 Å². The van der Waals surface area contributed by atoms with Gasteiger partial charge in [-0.15, -0.1) is 0 Å². The Bertz CT molecular complexity index is 698. The van der Waals surface area contributed by atoms with Gasteiger partial charge in [0, 0.05) is 18.8 Å². The normalized spacial score (nSPS) is 15.7. The highest BCUT2D eigenvalue weighted by Crippen LogP contribution is 2.32. The van der Waals surface area contributed by atoms with Crippen LogP contribution in [0.5, 0.6) is 11.6 Å². The second-order valence-corrected chi connectivity index (χ2v) is 6.14. The molecule has 128 valence electrons. The van der Waals surface area contributed by atoms with Crippen LogP contribution in [0, 0.1) is 0 Å². The molecule has 24 heavy (non-hydrogen) atoms. The van der Waals surface area contributed by atoms with E-state index in [4.69, 9.17) is 16.3 Å². The molecule has 1 fully saturated rings. The van der Waals surface area contributed by atoms with E-state index < -0.39 is 11.7 Å². The third kappa shape index (κ3) is 4.19. The van der Waals surface area contributed by atoms with Crippen LogP contribution in [0.2, 0.25) is 5.02 Å². The number of aromatic nitrogens is 1. The first kappa shape index (κ1) is 17.0. The average Bonchev–Trinajstić information content (AvgIpc) is 3.03. The molecule has 3 nitrogen and oxygen atoms in total. The highest BCUT2D eigenvalue weighted by Gasteiger charge is 2.30. The molecule has 3 rings (SSSR count). The number of pyridine rings is 1. The number of rotatable bonds is 4. The molecule has 2 heterocycles. The minimum Gasteiger partial charge on any atom is -0.437 e. The number of nitrogens with zero attached hydrogens (tertiary/aromatic N) is 2. The quantitative estimate of drug-likeness (QED) is 0.758. The first-order valence-corrected chi connectivity index (χ1v) is 8.01. The molecule has 0 saturated carbocycles. The summed E-state index contributed by atoms with van der Waals surface area (Å²) in [6, 6.07) is 7.55. The van der Waals surface area contributed by atoms with Crippen LogP contribution in [0.4, 0.5) is 13.2 Å². The van der Waals surface area contributed by atoms with Gasteiger partial charge in [-0.25, -0.2) is 4.98 Å². The monoisotopic (exact) mass is 356 g/mol. The van der Waals surface area contributed by atoms with Crippen LogP contribution in [0.1, 0.15) is 24.0 Å². The molecular formula is C17H16ClF3N2O. The van der Waals surface area contributed by atoms with Gasteiger partial charge in [0.1, 0.15) is 5.75 Å². The summed E-state index contributed by atoms with van der Waals surface area (Å²) in [5.74, 6) is 0.436.